The standard InChI is InChI=1S/C30H39NO4/c1-17-19-7-9-28(4)20-8-10-30(26(34)35-6)12-11-27(2,3)15-21(30)24(20)22(32)13-23(28)29(19,5)14-18(16-31)25(17)33/h13-14,17,19-21,24H,7-12,15H2,1-6H3/t17-,19?,20?,21?,24?,28+,29?,30?/m1/s1. The first-order chi connectivity index (χ1) is 16.3. The molecule has 3 fully saturated rings. The van der Waals surface area contributed by atoms with Crippen molar-refractivity contribution in [2.75, 3.05) is 7.11 Å². The molecule has 8 atom stereocenters. The minimum absolute atomic E-state index is 0.0119. The molecular formula is C30H39NO4. The van der Waals surface area contributed by atoms with E-state index < -0.39 is 10.8 Å². The number of carbonyl (C=O) groups is 3. The number of rotatable bonds is 1. The smallest absolute Gasteiger partial charge is 0.312 e. The zero-order valence-corrected chi connectivity index (χ0v) is 22.1. The van der Waals surface area contributed by atoms with Gasteiger partial charge in [-0.15, -0.1) is 0 Å². The first-order valence-corrected chi connectivity index (χ1v) is 13.4. The number of ether oxygens (including phenoxy) is 1. The van der Waals surface area contributed by atoms with Crippen LogP contribution in [0.3, 0.4) is 0 Å². The molecule has 0 radical (unpaired) electrons. The van der Waals surface area contributed by atoms with Gasteiger partial charge in [-0.05, 0) is 79.6 Å². The van der Waals surface area contributed by atoms with Gasteiger partial charge < -0.3 is 4.74 Å². The lowest BCUT2D eigenvalue weighted by Gasteiger charge is -2.63. The van der Waals surface area contributed by atoms with Crippen LogP contribution in [-0.4, -0.2) is 24.6 Å². The van der Waals surface area contributed by atoms with E-state index in [4.69, 9.17) is 4.74 Å². The number of allylic oxidation sites excluding steroid dienone is 4. The Labute approximate surface area is 209 Å². The molecule has 0 amide bonds. The summed E-state index contributed by atoms with van der Waals surface area (Å²) in [6.45, 7) is 10.9. The normalized spacial score (nSPS) is 46.0. The predicted octanol–water partition coefficient (Wildman–Crippen LogP) is 5.60. The quantitative estimate of drug-likeness (QED) is 0.459. The number of nitrogens with zero attached hydrogens (tertiary/aromatic N) is 1. The average molecular weight is 478 g/mol. The van der Waals surface area contributed by atoms with Crippen LogP contribution in [0.2, 0.25) is 0 Å². The average Bonchev–Trinajstić information content (AvgIpc) is 2.81. The number of nitriles is 1. The first kappa shape index (κ1) is 24.5. The lowest BCUT2D eigenvalue weighted by Crippen LogP contribution is -2.61. The van der Waals surface area contributed by atoms with Gasteiger partial charge in [-0.25, -0.2) is 0 Å². The molecule has 0 aromatic carbocycles. The van der Waals surface area contributed by atoms with Crippen LogP contribution in [0.1, 0.15) is 79.6 Å². The molecule has 0 saturated heterocycles. The predicted molar refractivity (Wildman–Crippen MR) is 132 cm³/mol. The van der Waals surface area contributed by atoms with Crippen LogP contribution in [0, 0.1) is 62.6 Å². The Hall–Kier alpha value is -2.22. The zero-order chi connectivity index (χ0) is 25.6. The van der Waals surface area contributed by atoms with E-state index in [0.29, 0.717) is 0 Å². The van der Waals surface area contributed by atoms with Crippen molar-refractivity contribution in [1.29, 1.82) is 5.26 Å². The van der Waals surface area contributed by atoms with Crippen molar-refractivity contribution >= 4 is 17.5 Å². The maximum Gasteiger partial charge on any atom is 0.312 e. The van der Waals surface area contributed by atoms with Gasteiger partial charge in [0.15, 0.2) is 11.6 Å². The molecule has 5 aliphatic carbocycles. The number of hydrogen-bond donors (Lipinski definition) is 0. The Morgan fingerprint density at radius 2 is 1.71 bits per heavy atom. The summed E-state index contributed by atoms with van der Waals surface area (Å²) in [7, 11) is 1.48. The van der Waals surface area contributed by atoms with Gasteiger partial charge in [0, 0.05) is 17.3 Å². The van der Waals surface area contributed by atoms with E-state index in [9.17, 15) is 19.6 Å². The van der Waals surface area contributed by atoms with Gasteiger partial charge in [0.1, 0.15) is 6.07 Å². The van der Waals surface area contributed by atoms with Gasteiger partial charge in [0.25, 0.3) is 0 Å². The van der Waals surface area contributed by atoms with Gasteiger partial charge >= 0.3 is 5.97 Å². The van der Waals surface area contributed by atoms with E-state index in [2.05, 4.69) is 33.8 Å². The van der Waals surface area contributed by atoms with Crippen LogP contribution in [0.4, 0.5) is 0 Å². The molecule has 5 rings (SSSR count). The van der Waals surface area contributed by atoms with Gasteiger partial charge in [-0.2, -0.15) is 5.26 Å². The highest BCUT2D eigenvalue weighted by Crippen LogP contribution is 2.69. The molecular weight excluding hydrogens is 438 g/mol. The fraction of sp³-hybridized carbons (Fsp3) is 0.733. The van der Waals surface area contributed by atoms with E-state index in [-0.39, 0.29) is 63.5 Å². The summed E-state index contributed by atoms with van der Waals surface area (Å²) in [5.41, 5.74) is 0.199. The molecule has 188 valence electrons. The molecule has 0 aromatic rings. The second kappa shape index (κ2) is 7.64. The second-order valence-corrected chi connectivity index (χ2v) is 13.4. The minimum Gasteiger partial charge on any atom is -0.469 e. The number of fused-ring (bicyclic) bond motifs is 7. The van der Waals surface area contributed by atoms with E-state index in [1.54, 1.807) is 0 Å². The first-order valence-electron chi connectivity index (χ1n) is 13.4. The van der Waals surface area contributed by atoms with Crippen LogP contribution >= 0.6 is 0 Å². The Balaban J connectivity index is 1.64. The number of esters is 1. The highest BCUT2D eigenvalue weighted by Gasteiger charge is 2.66. The van der Waals surface area contributed by atoms with Crippen molar-refractivity contribution in [3.05, 3.63) is 23.3 Å². The summed E-state index contributed by atoms with van der Waals surface area (Å²) in [4.78, 5) is 40.1. The second-order valence-electron chi connectivity index (χ2n) is 13.4. The topological polar surface area (TPSA) is 84.2 Å². The maximum absolute atomic E-state index is 14.1. The number of carbonyl (C=O) groups excluding carboxylic acids is 3. The largest absolute Gasteiger partial charge is 0.469 e. The summed E-state index contributed by atoms with van der Waals surface area (Å²) >= 11 is 0. The van der Waals surface area contributed by atoms with Crippen molar-refractivity contribution in [3.8, 4) is 6.07 Å². The molecule has 6 unspecified atom stereocenters. The van der Waals surface area contributed by atoms with Gasteiger partial charge in [-0.3, -0.25) is 14.4 Å². The van der Waals surface area contributed by atoms with E-state index in [0.717, 1.165) is 50.5 Å². The molecule has 5 heteroatoms. The zero-order valence-electron chi connectivity index (χ0n) is 22.1. The Bertz CT molecular complexity index is 1110. The lowest BCUT2D eigenvalue weighted by molar-refractivity contribution is -0.177. The lowest BCUT2D eigenvalue weighted by atomic mass is 9.39. The van der Waals surface area contributed by atoms with Crippen molar-refractivity contribution in [3.63, 3.8) is 0 Å². The number of hydrogen-bond acceptors (Lipinski definition) is 5. The molecule has 0 bridgehead atoms. The maximum atomic E-state index is 14.1. The van der Waals surface area contributed by atoms with E-state index in [1.807, 2.05) is 19.1 Å². The highest BCUT2D eigenvalue weighted by molar-refractivity contribution is 6.02. The van der Waals surface area contributed by atoms with Crippen LogP contribution < -0.4 is 0 Å². The molecule has 0 aliphatic heterocycles. The van der Waals surface area contributed by atoms with Crippen molar-refractivity contribution in [1.82, 2.24) is 0 Å². The van der Waals surface area contributed by atoms with Gasteiger partial charge in [-0.1, -0.05) is 46.3 Å². The highest BCUT2D eigenvalue weighted by atomic mass is 16.5. The third kappa shape index (κ3) is 3.14. The van der Waals surface area contributed by atoms with Crippen LogP contribution in [-0.2, 0) is 19.1 Å². The molecule has 0 aromatic heterocycles. The Morgan fingerprint density at radius 3 is 2.37 bits per heavy atom. The summed E-state index contributed by atoms with van der Waals surface area (Å²) < 4.78 is 5.36. The van der Waals surface area contributed by atoms with Crippen LogP contribution in [0.5, 0.6) is 0 Å². The third-order valence-corrected chi connectivity index (χ3v) is 11.3. The van der Waals surface area contributed by atoms with Crippen molar-refractivity contribution in [2.24, 2.45) is 51.2 Å². The summed E-state index contributed by atoms with van der Waals surface area (Å²) in [6.07, 6.45) is 9.82. The van der Waals surface area contributed by atoms with E-state index >= 15 is 0 Å². The van der Waals surface area contributed by atoms with Gasteiger partial charge in [0.2, 0.25) is 0 Å². The van der Waals surface area contributed by atoms with Crippen LogP contribution in [0.25, 0.3) is 0 Å². The molecule has 5 aliphatic rings. The summed E-state index contributed by atoms with van der Waals surface area (Å²) in [5, 5.41) is 9.70. The monoisotopic (exact) mass is 477 g/mol. The fourth-order valence-corrected chi connectivity index (χ4v) is 9.45. The molecule has 0 heterocycles. The number of ketones is 2. The van der Waals surface area contributed by atoms with E-state index in [1.165, 1.54) is 7.11 Å². The summed E-state index contributed by atoms with van der Waals surface area (Å²) in [5.74, 6) is -0.226. The van der Waals surface area contributed by atoms with Crippen LogP contribution in [0.15, 0.2) is 23.3 Å². The molecule has 0 spiro atoms. The fourth-order valence-electron chi connectivity index (χ4n) is 9.45. The van der Waals surface area contributed by atoms with Crippen molar-refractivity contribution < 1.29 is 19.1 Å². The number of Topliss-reactive ketones (excluding diaryl/α,β-unsaturated/α-hetero) is 1. The molecule has 5 nitrogen and oxygen atoms in total. The Morgan fingerprint density at radius 1 is 1.03 bits per heavy atom. The SMILES string of the molecule is COC(=O)C12CCC3C(C(=O)C=C4C5(C)C=C(C#N)C(=O)[C@H](C)C5CC[C@]43C)C1CC(C)(C)CC2. The van der Waals surface area contributed by atoms with Gasteiger partial charge in [0.05, 0.1) is 18.1 Å². The minimum atomic E-state index is -0.566. The third-order valence-electron chi connectivity index (χ3n) is 11.3. The van der Waals surface area contributed by atoms with Crippen molar-refractivity contribution in [2.45, 2.75) is 79.6 Å². The Kier molecular flexibility index (Phi) is 5.34. The molecule has 0 N–H and O–H groups in total. The summed E-state index contributed by atoms with van der Waals surface area (Å²) in [6, 6.07) is 2.14. The molecule has 3 saturated carbocycles. The molecule has 35 heavy (non-hydrogen) atoms. The number of methoxy groups -OCH3 is 1.